The van der Waals surface area contributed by atoms with E-state index in [1.165, 1.54) is 21.9 Å². The van der Waals surface area contributed by atoms with Crippen molar-refractivity contribution in [2.75, 3.05) is 5.32 Å². The summed E-state index contributed by atoms with van der Waals surface area (Å²) in [7, 11) is 0. The van der Waals surface area contributed by atoms with Crippen LogP contribution in [-0.4, -0.2) is 0 Å². The van der Waals surface area contributed by atoms with Crippen LogP contribution < -0.4 is 5.32 Å². The van der Waals surface area contributed by atoms with E-state index < -0.39 is 0 Å². The lowest BCUT2D eigenvalue weighted by Crippen LogP contribution is -2.00. The topological polar surface area (TPSA) is 12.0 Å². The second-order valence-electron chi connectivity index (χ2n) is 5.02. The highest BCUT2D eigenvalue weighted by Gasteiger charge is 2.01. The van der Waals surface area contributed by atoms with Gasteiger partial charge >= 0.3 is 0 Å². The summed E-state index contributed by atoms with van der Waals surface area (Å²) in [6.45, 7) is 2.84. The van der Waals surface area contributed by atoms with E-state index in [-0.39, 0.29) is 0 Å². The van der Waals surface area contributed by atoms with Gasteiger partial charge in [0.2, 0.25) is 0 Å². The van der Waals surface area contributed by atoms with Crippen molar-refractivity contribution in [3.63, 3.8) is 0 Å². The number of halogens is 1. The van der Waals surface area contributed by atoms with Gasteiger partial charge in [0.1, 0.15) is 0 Å². The first kappa shape index (κ1) is 13.0. The van der Waals surface area contributed by atoms with Gasteiger partial charge in [-0.2, -0.15) is 0 Å². The smallest absolute Gasteiger partial charge is 0.0637 e. The molecule has 0 saturated carbocycles. The third kappa shape index (κ3) is 2.78. The standard InChI is InChI=1S/C18H16ClN/c1-13-6-9-17(19)18(10-13)20-12-14-7-8-15-4-2-3-5-16(15)11-14/h2-11,20H,12H2,1H3. The molecule has 0 saturated heterocycles. The van der Waals surface area contributed by atoms with Crippen molar-refractivity contribution < 1.29 is 0 Å². The SMILES string of the molecule is Cc1ccc(Cl)c(NCc2ccc3ccccc3c2)c1. The van der Waals surface area contributed by atoms with E-state index in [9.17, 15) is 0 Å². The molecule has 3 aromatic rings. The van der Waals surface area contributed by atoms with Gasteiger partial charge < -0.3 is 5.32 Å². The monoisotopic (exact) mass is 281 g/mol. The lowest BCUT2D eigenvalue weighted by atomic mass is 10.1. The van der Waals surface area contributed by atoms with Gasteiger partial charge in [0.25, 0.3) is 0 Å². The lowest BCUT2D eigenvalue weighted by Gasteiger charge is -2.10. The second-order valence-corrected chi connectivity index (χ2v) is 5.43. The number of benzene rings is 3. The maximum atomic E-state index is 6.20. The molecule has 0 aliphatic heterocycles. The second kappa shape index (κ2) is 5.56. The third-order valence-corrected chi connectivity index (χ3v) is 3.75. The Hall–Kier alpha value is -1.99. The number of nitrogens with one attached hydrogen (secondary N) is 1. The minimum absolute atomic E-state index is 0.761. The maximum absolute atomic E-state index is 6.20. The van der Waals surface area contributed by atoms with E-state index in [1.807, 2.05) is 12.1 Å². The minimum atomic E-state index is 0.761. The van der Waals surface area contributed by atoms with Gasteiger partial charge in [0.05, 0.1) is 10.7 Å². The Balaban J connectivity index is 1.81. The Morgan fingerprint density at radius 2 is 1.70 bits per heavy atom. The third-order valence-electron chi connectivity index (χ3n) is 3.42. The summed E-state index contributed by atoms with van der Waals surface area (Å²) in [4.78, 5) is 0. The normalized spacial score (nSPS) is 10.7. The summed E-state index contributed by atoms with van der Waals surface area (Å²) < 4.78 is 0. The quantitative estimate of drug-likeness (QED) is 0.676. The van der Waals surface area contributed by atoms with E-state index >= 15 is 0 Å². The first-order valence-electron chi connectivity index (χ1n) is 6.70. The fourth-order valence-electron chi connectivity index (χ4n) is 2.32. The molecule has 1 nitrogen and oxygen atoms in total. The van der Waals surface area contributed by atoms with Gasteiger partial charge in [-0.15, -0.1) is 0 Å². The zero-order valence-corrected chi connectivity index (χ0v) is 12.1. The summed E-state index contributed by atoms with van der Waals surface area (Å²) in [6.07, 6.45) is 0. The summed E-state index contributed by atoms with van der Waals surface area (Å²) in [5, 5.41) is 6.70. The minimum Gasteiger partial charge on any atom is -0.380 e. The number of rotatable bonds is 3. The predicted octanol–water partition coefficient (Wildman–Crippen LogP) is 5.41. The van der Waals surface area contributed by atoms with Gasteiger partial charge in [-0.25, -0.2) is 0 Å². The van der Waals surface area contributed by atoms with Crippen LogP contribution in [0.15, 0.2) is 60.7 Å². The Bertz CT molecular complexity index is 749. The van der Waals surface area contributed by atoms with Gasteiger partial charge in [-0.05, 0) is 47.0 Å². The summed E-state index contributed by atoms with van der Waals surface area (Å²) in [5.74, 6) is 0. The van der Waals surface area contributed by atoms with Gasteiger partial charge in [-0.1, -0.05) is 54.1 Å². The number of hydrogen-bond donors (Lipinski definition) is 1. The van der Waals surface area contributed by atoms with Gasteiger partial charge in [0.15, 0.2) is 0 Å². The van der Waals surface area contributed by atoms with Crippen LogP contribution in [0.25, 0.3) is 10.8 Å². The zero-order chi connectivity index (χ0) is 13.9. The molecule has 0 aliphatic rings. The first-order valence-corrected chi connectivity index (χ1v) is 7.08. The molecule has 0 atom stereocenters. The highest BCUT2D eigenvalue weighted by atomic mass is 35.5. The van der Waals surface area contributed by atoms with Crippen molar-refractivity contribution in [2.24, 2.45) is 0 Å². The molecule has 0 aliphatic carbocycles. The van der Waals surface area contributed by atoms with E-state index in [0.717, 1.165) is 17.3 Å². The van der Waals surface area contributed by atoms with Crippen molar-refractivity contribution >= 4 is 28.1 Å². The maximum Gasteiger partial charge on any atom is 0.0637 e. The molecule has 3 aromatic carbocycles. The summed E-state index contributed by atoms with van der Waals surface area (Å²) in [5.41, 5.74) is 3.44. The molecular formula is C18H16ClN. The number of fused-ring (bicyclic) bond motifs is 1. The van der Waals surface area contributed by atoms with E-state index in [2.05, 4.69) is 60.8 Å². The van der Waals surface area contributed by atoms with Crippen LogP contribution in [0.3, 0.4) is 0 Å². The van der Waals surface area contributed by atoms with Crippen molar-refractivity contribution in [2.45, 2.75) is 13.5 Å². The molecule has 0 fully saturated rings. The van der Waals surface area contributed by atoms with E-state index in [0.29, 0.717) is 0 Å². The summed E-state index contributed by atoms with van der Waals surface area (Å²) >= 11 is 6.20. The number of anilines is 1. The first-order chi connectivity index (χ1) is 9.72. The molecule has 20 heavy (non-hydrogen) atoms. The molecule has 0 radical (unpaired) electrons. The van der Waals surface area contributed by atoms with Crippen LogP contribution >= 0.6 is 11.6 Å². The van der Waals surface area contributed by atoms with Crippen LogP contribution in [-0.2, 0) is 6.54 Å². The van der Waals surface area contributed by atoms with Crippen LogP contribution in [0, 0.1) is 6.92 Å². The molecule has 3 rings (SSSR count). The fraction of sp³-hybridized carbons (Fsp3) is 0.111. The molecule has 0 heterocycles. The molecule has 2 heteroatoms. The van der Waals surface area contributed by atoms with Crippen LogP contribution in [0.5, 0.6) is 0 Å². The highest BCUT2D eigenvalue weighted by Crippen LogP contribution is 2.24. The van der Waals surface area contributed by atoms with Crippen LogP contribution in [0.1, 0.15) is 11.1 Å². The molecule has 100 valence electrons. The van der Waals surface area contributed by atoms with Crippen molar-refractivity contribution in [1.29, 1.82) is 0 Å². The lowest BCUT2D eigenvalue weighted by molar-refractivity contribution is 1.15. The fourth-order valence-corrected chi connectivity index (χ4v) is 2.50. The van der Waals surface area contributed by atoms with Crippen LogP contribution in [0.2, 0.25) is 5.02 Å². The molecule has 0 aromatic heterocycles. The van der Waals surface area contributed by atoms with Crippen molar-refractivity contribution in [1.82, 2.24) is 0 Å². The molecule has 0 unspecified atom stereocenters. The molecular weight excluding hydrogens is 266 g/mol. The Morgan fingerprint density at radius 3 is 2.55 bits per heavy atom. The molecule has 0 spiro atoms. The summed E-state index contributed by atoms with van der Waals surface area (Å²) in [6, 6.07) is 20.9. The van der Waals surface area contributed by atoms with Gasteiger partial charge in [-0.3, -0.25) is 0 Å². The predicted molar refractivity (Wildman–Crippen MR) is 87.5 cm³/mol. The van der Waals surface area contributed by atoms with Crippen LogP contribution in [0.4, 0.5) is 5.69 Å². The Morgan fingerprint density at radius 1 is 0.900 bits per heavy atom. The molecule has 0 amide bonds. The van der Waals surface area contributed by atoms with Crippen molar-refractivity contribution in [3.8, 4) is 0 Å². The Kier molecular flexibility index (Phi) is 3.62. The average Bonchev–Trinajstić information content (AvgIpc) is 2.48. The van der Waals surface area contributed by atoms with E-state index in [1.54, 1.807) is 0 Å². The van der Waals surface area contributed by atoms with Crippen molar-refractivity contribution in [3.05, 3.63) is 76.8 Å². The molecule has 0 bridgehead atoms. The van der Waals surface area contributed by atoms with E-state index in [4.69, 9.17) is 11.6 Å². The zero-order valence-electron chi connectivity index (χ0n) is 11.4. The number of hydrogen-bond acceptors (Lipinski definition) is 1. The Labute approximate surface area is 124 Å². The largest absolute Gasteiger partial charge is 0.380 e. The average molecular weight is 282 g/mol. The van der Waals surface area contributed by atoms with Gasteiger partial charge in [0, 0.05) is 6.54 Å². The number of aryl methyl sites for hydroxylation is 1. The highest BCUT2D eigenvalue weighted by molar-refractivity contribution is 6.33. The molecule has 1 N–H and O–H groups in total.